The summed E-state index contributed by atoms with van der Waals surface area (Å²) in [6.07, 6.45) is 3.49. The molecule has 0 bridgehead atoms. The van der Waals surface area contributed by atoms with E-state index >= 15 is 0 Å². The number of nitrogens with two attached hydrogens (primary N) is 1. The molecule has 9 nitrogen and oxygen atoms in total. The highest BCUT2D eigenvalue weighted by atomic mass is 35.5. The number of hydrogen-bond donors (Lipinski definition) is 3. The largest absolute Gasteiger partial charge is 0.478 e. The maximum atomic E-state index is 14.8. The fourth-order valence-corrected chi connectivity index (χ4v) is 6.21. The molecule has 4 N–H and O–H groups in total. The van der Waals surface area contributed by atoms with Crippen LogP contribution in [0.3, 0.4) is 0 Å². The lowest BCUT2D eigenvalue weighted by Gasteiger charge is -2.32. The van der Waals surface area contributed by atoms with E-state index in [4.69, 9.17) is 31.8 Å². The van der Waals surface area contributed by atoms with Crippen LogP contribution >= 0.6 is 11.6 Å². The van der Waals surface area contributed by atoms with Gasteiger partial charge in [0.2, 0.25) is 0 Å². The van der Waals surface area contributed by atoms with Crippen molar-refractivity contribution in [1.82, 2.24) is 19.8 Å². The average molecular weight is 606 g/mol. The van der Waals surface area contributed by atoms with E-state index in [1.807, 2.05) is 16.7 Å². The number of fused-ring (bicyclic) bond motifs is 2. The van der Waals surface area contributed by atoms with Crippen LogP contribution in [0.5, 0.6) is 11.5 Å². The van der Waals surface area contributed by atoms with Gasteiger partial charge in [0.05, 0.1) is 35.2 Å². The molecule has 4 aromatic rings. The summed E-state index contributed by atoms with van der Waals surface area (Å²) in [6.45, 7) is 4.34. The molecular weight excluding hydrogens is 573 g/mol. The molecule has 3 heterocycles. The van der Waals surface area contributed by atoms with Crippen molar-refractivity contribution in [1.29, 1.82) is 0 Å². The first kappa shape index (κ1) is 28.8. The number of aromatic carboxylic acids is 1. The quantitative estimate of drug-likeness (QED) is 0.239. The van der Waals surface area contributed by atoms with Gasteiger partial charge in [-0.25, -0.2) is 14.2 Å². The van der Waals surface area contributed by atoms with Crippen LogP contribution in [0.1, 0.15) is 53.0 Å². The number of carboxylic acids is 1. The topological polar surface area (TPSA) is 115 Å². The summed E-state index contributed by atoms with van der Waals surface area (Å²) in [6, 6.07) is 15.3. The van der Waals surface area contributed by atoms with Crippen molar-refractivity contribution < 1.29 is 23.8 Å². The summed E-state index contributed by atoms with van der Waals surface area (Å²) < 4.78 is 29.3. The zero-order valence-electron chi connectivity index (χ0n) is 23.9. The summed E-state index contributed by atoms with van der Waals surface area (Å²) in [4.78, 5) is 18.8. The SMILES string of the molecule is CN/C=C(\N)Cn1c(CN2CCC(c3cccc4c3OC(C)(c3ccc(Cl)cc3F)O4)CC2)nc2ccc(C(=O)O)cc21. The second kappa shape index (κ2) is 11.4. The summed E-state index contributed by atoms with van der Waals surface area (Å²) >= 11 is 5.97. The Hall–Kier alpha value is -4.28. The van der Waals surface area contributed by atoms with Crippen LogP contribution in [0.2, 0.25) is 5.02 Å². The lowest BCUT2D eigenvalue weighted by atomic mass is 9.88. The Morgan fingerprint density at radius 3 is 2.72 bits per heavy atom. The number of para-hydroxylation sites is 1. The van der Waals surface area contributed by atoms with Crippen molar-refractivity contribution in [2.45, 2.75) is 44.6 Å². The zero-order chi connectivity index (χ0) is 30.3. The number of carboxylic acid groups (broad SMARTS) is 1. The number of imidazole rings is 1. The number of halogens is 2. The predicted octanol–water partition coefficient (Wildman–Crippen LogP) is 5.57. The highest BCUT2D eigenvalue weighted by Gasteiger charge is 2.43. The van der Waals surface area contributed by atoms with Crippen LogP contribution in [0.25, 0.3) is 11.0 Å². The zero-order valence-corrected chi connectivity index (χ0v) is 24.7. The Balaban J connectivity index is 1.20. The van der Waals surface area contributed by atoms with Gasteiger partial charge in [-0.2, -0.15) is 0 Å². The lowest BCUT2D eigenvalue weighted by molar-refractivity contribution is -0.0712. The van der Waals surface area contributed by atoms with Crippen LogP contribution in [0, 0.1) is 5.82 Å². The Bertz CT molecular complexity index is 1730. The molecule has 0 spiro atoms. The molecule has 3 aromatic carbocycles. The molecule has 43 heavy (non-hydrogen) atoms. The summed E-state index contributed by atoms with van der Waals surface area (Å²) in [5.41, 5.74) is 9.84. The second-order valence-electron chi connectivity index (χ2n) is 11.1. The number of aromatic nitrogens is 2. The van der Waals surface area contributed by atoms with E-state index in [-0.39, 0.29) is 17.0 Å². The molecule has 6 rings (SSSR count). The third kappa shape index (κ3) is 5.60. The monoisotopic (exact) mass is 605 g/mol. The smallest absolute Gasteiger partial charge is 0.335 e. The molecule has 1 unspecified atom stereocenters. The van der Waals surface area contributed by atoms with Crippen molar-refractivity contribution in [2.24, 2.45) is 5.73 Å². The highest BCUT2D eigenvalue weighted by Crippen LogP contribution is 2.49. The Morgan fingerprint density at radius 2 is 2.00 bits per heavy atom. The Kier molecular flexibility index (Phi) is 7.66. The lowest BCUT2D eigenvalue weighted by Crippen LogP contribution is -2.34. The third-order valence-electron chi connectivity index (χ3n) is 8.17. The number of rotatable bonds is 8. The van der Waals surface area contributed by atoms with Gasteiger partial charge in [-0.3, -0.25) is 4.90 Å². The van der Waals surface area contributed by atoms with Crippen LogP contribution in [0.15, 0.2) is 66.5 Å². The summed E-state index contributed by atoms with van der Waals surface area (Å²) in [5, 5.41) is 12.8. The van der Waals surface area contributed by atoms with Crippen molar-refractivity contribution in [3.8, 4) is 11.5 Å². The molecule has 0 aliphatic carbocycles. The standard InChI is InChI=1S/C32H33ClFN5O4/c1-32(24-8-7-21(33)15-25(24)34)42-28-5-3-4-23(30(28)43-32)19-10-12-38(13-11-19)18-29-37-26-9-6-20(31(40)41)14-27(26)39(29)17-22(35)16-36-2/h3-9,14-16,19,36H,10-13,17-18,35H2,1-2H3,(H,40,41)/b22-16-. The molecule has 1 fully saturated rings. The van der Waals surface area contributed by atoms with Gasteiger partial charge in [0, 0.05) is 36.5 Å². The number of likely N-dealkylation sites (tertiary alicyclic amines) is 1. The third-order valence-corrected chi connectivity index (χ3v) is 8.40. The van der Waals surface area contributed by atoms with Crippen molar-refractivity contribution >= 4 is 28.6 Å². The van der Waals surface area contributed by atoms with Crippen molar-refractivity contribution in [2.75, 3.05) is 20.1 Å². The van der Waals surface area contributed by atoms with E-state index in [1.165, 1.54) is 6.07 Å². The van der Waals surface area contributed by atoms with Gasteiger partial charge < -0.3 is 30.2 Å². The molecule has 224 valence electrons. The minimum atomic E-state index is -1.29. The summed E-state index contributed by atoms with van der Waals surface area (Å²) in [7, 11) is 1.78. The molecule has 2 aliphatic heterocycles. The minimum Gasteiger partial charge on any atom is -0.478 e. The first-order valence-electron chi connectivity index (χ1n) is 14.2. The fraction of sp³-hybridized carbons (Fsp3) is 0.312. The van der Waals surface area contributed by atoms with Crippen LogP contribution in [0.4, 0.5) is 4.39 Å². The van der Waals surface area contributed by atoms with Gasteiger partial charge >= 0.3 is 5.97 Å². The normalized spacial score (nSPS) is 19.2. The molecule has 1 saturated heterocycles. The van der Waals surface area contributed by atoms with E-state index in [0.717, 1.165) is 48.4 Å². The number of nitrogens with one attached hydrogen (secondary N) is 1. The van der Waals surface area contributed by atoms with E-state index in [0.29, 0.717) is 35.3 Å². The van der Waals surface area contributed by atoms with Crippen LogP contribution in [-0.4, -0.2) is 45.7 Å². The molecule has 0 saturated carbocycles. The van der Waals surface area contributed by atoms with E-state index in [9.17, 15) is 14.3 Å². The fourth-order valence-electron chi connectivity index (χ4n) is 6.06. The van der Waals surface area contributed by atoms with E-state index in [1.54, 1.807) is 50.5 Å². The van der Waals surface area contributed by atoms with Gasteiger partial charge in [0.1, 0.15) is 11.6 Å². The number of piperidine rings is 1. The Labute approximate surface area is 253 Å². The molecule has 2 aliphatic rings. The van der Waals surface area contributed by atoms with Gasteiger partial charge in [0.15, 0.2) is 11.5 Å². The second-order valence-corrected chi connectivity index (χ2v) is 11.6. The first-order valence-corrected chi connectivity index (χ1v) is 14.6. The number of nitrogens with zero attached hydrogens (tertiary/aromatic N) is 3. The first-order chi connectivity index (χ1) is 20.6. The maximum absolute atomic E-state index is 14.8. The minimum absolute atomic E-state index is 0.202. The number of carbonyl (C=O) groups is 1. The number of ether oxygens (including phenoxy) is 2. The number of hydrogen-bond acceptors (Lipinski definition) is 7. The van der Waals surface area contributed by atoms with Crippen molar-refractivity contribution in [3.05, 3.63) is 99.8 Å². The number of allylic oxidation sites excluding steroid dienone is 1. The van der Waals surface area contributed by atoms with Crippen molar-refractivity contribution in [3.63, 3.8) is 0 Å². The van der Waals surface area contributed by atoms with Gasteiger partial charge in [-0.05, 0) is 74.3 Å². The van der Waals surface area contributed by atoms with Crippen LogP contribution < -0.4 is 20.5 Å². The molecule has 11 heteroatoms. The van der Waals surface area contributed by atoms with E-state index in [2.05, 4.69) is 16.3 Å². The molecule has 1 atom stereocenters. The van der Waals surface area contributed by atoms with Gasteiger partial charge in [0.25, 0.3) is 5.79 Å². The summed E-state index contributed by atoms with van der Waals surface area (Å²) in [5.74, 6) is -0.459. The molecule has 0 radical (unpaired) electrons. The van der Waals surface area contributed by atoms with E-state index < -0.39 is 17.6 Å². The number of benzene rings is 3. The maximum Gasteiger partial charge on any atom is 0.335 e. The van der Waals surface area contributed by atoms with Crippen LogP contribution in [-0.2, 0) is 18.9 Å². The average Bonchev–Trinajstić information content (AvgIpc) is 3.50. The molecular formula is C32H33ClFN5O4. The van der Waals surface area contributed by atoms with Gasteiger partial charge in [-0.1, -0.05) is 23.7 Å². The highest BCUT2D eigenvalue weighted by molar-refractivity contribution is 6.30. The molecule has 1 aromatic heterocycles. The predicted molar refractivity (Wildman–Crippen MR) is 162 cm³/mol. The van der Waals surface area contributed by atoms with Gasteiger partial charge in [-0.15, -0.1) is 0 Å². The Morgan fingerprint density at radius 1 is 1.21 bits per heavy atom. The molecule has 0 amide bonds.